The Labute approximate surface area is 119 Å². The van der Waals surface area contributed by atoms with Gasteiger partial charge >= 0.3 is 0 Å². The molecule has 20 heavy (non-hydrogen) atoms. The zero-order valence-corrected chi connectivity index (χ0v) is 12.2. The number of H-pyrrole nitrogens is 1. The molecule has 1 aliphatic carbocycles. The maximum absolute atomic E-state index is 11.8. The molecule has 112 valence electrons. The van der Waals surface area contributed by atoms with Crippen molar-refractivity contribution in [1.82, 2.24) is 20.5 Å². The SMILES string of the molecule is CCCc1nc(C(=O)NCCOC2CCCCC2)n[nH]1. The van der Waals surface area contributed by atoms with Crippen LogP contribution in [0.3, 0.4) is 0 Å². The number of hydrogen-bond donors (Lipinski definition) is 2. The van der Waals surface area contributed by atoms with E-state index in [2.05, 4.69) is 27.4 Å². The molecule has 0 aliphatic heterocycles. The van der Waals surface area contributed by atoms with Crippen LogP contribution >= 0.6 is 0 Å². The lowest BCUT2D eigenvalue weighted by molar-refractivity contribution is 0.0299. The van der Waals surface area contributed by atoms with Gasteiger partial charge in [0.2, 0.25) is 5.82 Å². The number of rotatable bonds is 7. The van der Waals surface area contributed by atoms with Gasteiger partial charge in [0.15, 0.2) is 0 Å². The van der Waals surface area contributed by atoms with Crippen LogP contribution in [0.25, 0.3) is 0 Å². The molecular formula is C14H24N4O2. The minimum atomic E-state index is -0.240. The molecule has 1 fully saturated rings. The number of ether oxygens (including phenoxy) is 1. The van der Waals surface area contributed by atoms with Crippen molar-refractivity contribution in [3.05, 3.63) is 11.6 Å². The van der Waals surface area contributed by atoms with Crippen molar-refractivity contribution >= 4 is 5.91 Å². The number of carbonyl (C=O) groups excluding carboxylic acids is 1. The molecule has 0 atom stereocenters. The van der Waals surface area contributed by atoms with Crippen LogP contribution in [-0.2, 0) is 11.2 Å². The number of amides is 1. The van der Waals surface area contributed by atoms with Crippen molar-refractivity contribution in [2.45, 2.75) is 58.0 Å². The fourth-order valence-corrected chi connectivity index (χ4v) is 2.45. The summed E-state index contributed by atoms with van der Waals surface area (Å²) in [6.45, 7) is 3.13. The van der Waals surface area contributed by atoms with E-state index in [1.165, 1.54) is 19.3 Å². The van der Waals surface area contributed by atoms with Crippen LogP contribution in [0.15, 0.2) is 0 Å². The van der Waals surface area contributed by atoms with E-state index in [-0.39, 0.29) is 11.7 Å². The summed E-state index contributed by atoms with van der Waals surface area (Å²) in [7, 11) is 0. The highest BCUT2D eigenvalue weighted by Crippen LogP contribution is 2.19. The lowest BCUT2D eigenvalue weighted by Crippen LogP contribution is -2.30. The van der Waals surface area contributed by atoms with Gasteiger partial charge < -0.3 is 10.1 Å². The number of aryl methyl sites for hydroxylation is 1. The average molecular weight is 280 g/mol. The van der Waals surface area contributed by atoms with Gasteiger partial charge in [0.1, 0.15) is 5.82 Å². The van der Waals surface area contributed by atoms with E-state index in [0.29, 0.717) is 19.3 Å². The highest BCUT2D eigenvalue weighted by molar-refractivity contribution is 5.90. The summed E-state index contributed by atoms with van der Waals surface area (Å²) in [5, 5.41) is 9.48. The summed E-state index contributed by atoms with van der Waals surface area (Å²) in [5.41, 5.74) is 0. The third kappa shape index (κ3) is 4.59. The second-order valence-electron chi connectivity index (χ2n) is 5.24. The minimum absolute atomic E-state index is 0.214. The molecule has 1 aromatic heterocycles. The summed E-state index contributed by atoms with van der Waals surface area (Å²) in [4.78, 5) is 16.0. The molecule has 1 amide bonds. The Hall–Kier alpha value is -1.43. The second-order valence-corrected chi connectivity index (χ2v) is 5.24. The molecule has 0 bridgehead atoms. The van der Waals surface area contributed by atoms with Gasteiger partial charge in [-0.2, -0.15) is 0 Å². The van der Waals surface area contributed by atoms with E-state index in [1.807, 2.05) is 0 Å². The van der Waals surface area contributed by atoms with Crippen LogP contribution in [0.1, 0.15) is 61.9 Å². The van der Waals surface area contributed by atoms with Gasteiger partial charge in [0.25, 0.3) is 5.91 Å². The molecule has 1 aliphatic rings. The van der Waals surface area contributed by atoms with Gasteiger partial charge in [-0.15, -0.1) is 5.10 Å². The van der Waals surface area contributed by atoms with Crippen LogP contribution in [0.4, 0.5) is 0 Å². The van der Waals surface area contributed by atoms with Gasteiger partial charge in [-0.05, 0) is 19.3 Å². The van der Waals surface area contributed by atoms with Crippen LogP contribution in [-0.4, -0.2) is 40.3 Å². The van der Waals surface area contributed by atoms with E-state index in [4.69, 9.17) is 4.74 Å². The Balaban J connectivity index is 1.63. The third-order valence-corrected chi connectivity index (χ3v) is 3.51. The fraction of sp³-hybridized carbons (Fsp3) is 0.786. The van der Waals surface area contributed by atoms with Crippen molar-refractivity contribution in [2.75, 3.05) is 13.2 Å². The van der Waals surface area contributed by atoms with Crippen molar-refractivity contribution < 1.29 is 9.53 Å². The Morgan fingerprint density at radius 1 is 1.40 bits per heavy atom. The zero-order chi connectivity index (χ0) is 14.2. The molecule has 0 saturated heterocycles. The lowest BCUT2D eigenvalue weighted by Gasteiger charge is -2.21. The van der Waals surface area contributed by atoms with Crippen LogP contribution in [0.5, 0.6) is 0 Å². The number of nitrogens with zero attached hydrogens (tertiary/aromatic N) is 2. The van der Waals surface area contributed by atoms with E-state index in [9.17, 15) is 4.79 Å². The van der Waals surface area contributed by atoms with E-state index in [1.54, 1.807) is 0 Å². The van der Waals surface area contributed by atoms with Crippen LogP contribution < -0.4 is 5.32 Å². The molecule has 6 nitrogen and oxygen atoms in total. The first-order chi connectivity index (χ1) is 9.79. The van der Waals surface area contributed by atoms with Gasteiger partial charge in [-0.25, -0.2) is 4.98 Å². The summed E-state index contributed by atoms with van der Waals surface area (Å²) in [6.07, 6.45) is 8.30. The molecule has 1 saturated carbocycles. The Morgan fingerprint density at radius 3 is 2.95 bits per heavy atom. The highest BCUT2D eigenvalue weighted by atomic mass is 16.5. The molecule has 2 rings (SSSR count). The number of aromatic amines is 1. The quantitative estimate of drug-likeness (QED) is 0.747. The van der Waals surface area contributed by atoms with E-state index >= 15 is 0 Å². The van der Waals surface area contributed by atoms with Gasteiger partial charge in [0, 0.05) is 13.0 Å². The van der Waals surface area contributed by atoms with E-state index < -0.39 is 0 Å². The molecule has 0 radical (unpaired) electrons. The summed E-state index contributed by atoms with van der Waals surface area (Å²) in [5.74, 6) is 0.734. The van der Waals surface area contributed by atoms with Crippen LogP contribution in [0, 0.1) is 0 Å². The highest BCUT2D eigenvalue weighted by Gasteiger charge is 2.14. The Morgan fingerprint density at radius 2 is 2.20 bits per heavy atom. The fourth-order valence-electron chi connectivity index (χ4n) is 2.45. The average Bonchev–Trinajstić information content (AvgIpc) is 2.94. The molecule has 2 N–H and O–H groups in total. The van der Waals surface area contributed by atoms with Crippen molar-refractivity contribution in [3.8, 4) is 0 Å². The van der Waals surface area contributed by atoms with Gasteiger partial charge in [0.05, 0.1) is 12.7 Å². The zero-order valence-electron chi connectivity index (χ0n) is 12.2. The minimum Gasteiger partial charge on any atom is -0.376 e. The monoisotopic (exact) mass is 280 g/mol. The predicted octanol–water partition coefficient (Wildman–Crippen LogP) is 1.84. The molecule has 0 aromatic carbocycles. The molecule has 1 aromatic rings. The Kier molecular flexibility index (Phi) is 5.98. The Bertz CT molecular complexity index is 413. The first-order valence-corrected chi connectivity index (χ1v) is 7.60. The third-order valence-electron chi connectivity index (χ3n) is 3.51. The normalized spacial score (nSPS) is 16.2. The van der Waals surface area contributed by atoms with Crippen molar-refractivity contribution in [3.63, 3.8) is 0 Å². The lowest BCUT2D eigenvalue weighted by atomic mass is 9.98. The largest absolute Gasteiger partial charge is 0.376 e. The van der Waals surface area contributed by atoms with Crippen molar-refractivity contribution in [1.29, 1.82) is 0 Å². The summed E-state index contributed by atoms with van der Waals surface area (Å²) in [6, 6.07) is 0. The predicted molar refractivity (Wildman–Crippen MR) is 75.5 cm³/mol. The number of aromatic nitrogens is 3. The van der Waals surface area contributed by atoms with Crippen molar-refractivity contribution in [2.24, 2.45) is 0 Å². The maximum Gasteiger partial charge on any atom is 0.291 e. The molecule has 0 unspecified atom stereocenters. The maximum atomic E-state index is 11.8. The molecule has 6 heteroatoms. The summed E-state index contributed by atoms with van der Waals surface area (Å²) >= 11 is 0. The first-order valence-electron chi connectivity index (χ1n) is 7.60. The number of nitrogens with one attached hydrogen (secondary N) is 2. The second kappa shape index (κ2) is 7.99. The smallest absolute Gasteiger partial charge is 0.291 e. The number of hydrogen-bond acceptors (Lipinski definition) is 4. The summed E-state index contributed by atoms with van der Waals surface area (Å²) < 4.78 is 5.75. The van der Waals surface area contributed by atoms with Gasteiger partial charge in [-0.1, -0.05) is 26.2 Å². The van der Waals surface area contributed by atoms with Gasteiger partial charge in [-0.3, -0.25) is 9.89 Å². The van der Waals surface area contributed by atoms with Crippen LogP contribution in [0.2, 0.25) is 0 Å². The van der Waals surface area contributed by atoms with E-state index in [0.717, 1.165) is 31.5 Å². The number of carbonyl (C=O) groups is 1. The molecule has 1 heterocycles. The molecular weight excluding hydrogens is 256 g/mol. The molecule has 0 spiro atoms. The standard InChI is InChI=1S/C14H24N4O2/c1-2-6-12-16-13(18-17-12)14(19)15-9-10-20-11-7-4-3-5-8-11/h11H,2-10H2,1H3,(H,15,19)(H,16,17,18). The topological polar surface area (TPSA) is 79.9 Å². The first kappa shape index (κ1) is 15.0.